The van der Waals surface area contributed by atoms with Gasteiger partial charge in [-0.15, -0.1) is 0 Å². The summed E-state index contributed by atoms with van der Waals surface area (Å²) in [4.78, 5) is 54.5. The molecule has 42 heavy (non-hydrogen) atoms. The first-order chi connectivity index (χ1) is 20.0. The first kappa shape index (κ1) is 28.0. The van der Waals surface area contributed by atoms with Crippen LogP contribution in [0.2, 0.25) is 0 Å². The summed E-state index contributed by atoms with van der Waals surface area (Å²) in [5.74, 6) is -3.85. The van der Waals surface area contributed by atoms with E-state index >= 15 is 0 Å². The quantitative estimate of drug-likeness (QED) is 0.295. The van der Waals surface area contributed by atoms with Crippen LogP contribution in [0.15, 0.2) is 88.7 Å². The molecule has 1 N–H and O–H groups in total. The van der Waals surface area contributed by atoms with Crippen LogP contribution in [0, 0.1) is 12.8 Å². The molecule has 1 aromatic heterocycles. The molecule has 0 saturated carbocycles. The number of benzene rings is 3. The average Bonchev–Trinajstić information content (AvgIpc) is 3.40. The van der Waals surface area contributed by atoms with E-state index in [1.54, 1.807) is 42.5 Å². The van der Waals surface area contributed by atoms with Gasteiger partial charge in [0, 0.05) is 16.5 Å². The Hall–Kier alpha value is -4.16. The lowest BCUT2D eigenvalue weighted by atomic mass is 9.83. The van der Waals surface area contributed by atoms with E-state index in [-0.39, 0.29) is 6.54 Å². The Morgan fingerprint density at radius 1 is 0.905 bits per heavy atom. The third-order valence-electron chi connectivity index (χ3n) is 7.30. The molecule has 0 spiro atoms. The number of aromatic nitrogens is 1. The van der Waals surface area contributed by atoms with Gasteiger partial charge in [-0.05, 0) is 36.8 Å². The summed E-state index contributed by atoms with van der Waals surface area (Å²) in [5, 5.41) is 2.01. The largest absolute Gasteiger partial charge is 0.418 e. The van der Waals surface area contributed by atoms with Gasteiger partial charge in [-0.3, -0.25) is 23.7 Å². The van der Waals surface area contributed by atoms with Gasteiger partial charge < -0.3 is 5.32 Å². The van der Waals surface area contributed by atoms with Crippen molar-refractivity contribution in [3.8, 4) is 0 Å². The monoisotopic (exact) mass is 609 g/mol. The van der Waals surface area contributed by atoms with Crippen LogP contribution in [0.5, 0.6) is 0 Å². The van der Waals surface area contributed by atoms with Gasteiger partial charge in [0.25, 0.3) is 0 Å². The number of aryl methyl sites for hydroxylation is 1. The minimum atomic E-state index is -4.79. The number of imide groups is 1. The van der Waals surface area contributed by atoms with Gasteiger partial charge in [0.05, 0.1) is 22.2 Å². The summed E-state index contributed by atoms with van der Waals surface area (Å²) in [5.41, 5.74) is 0.578. The van der Waals surface area contributed by atoms with Crippen LogP contribution in [0.25, 0.3) is 0 Å². The van der Waals surface area contributed by atoms with E-state index < -0.39 is 57.1 Å². The topological polar surface area (TPSA) is 88.5 Å². The molecular weight excluding hydrogens is 587 g/mol. The highest BCUT2D eigenvalue weighted by atomic mass is 32.2. The Balaban J connectivity index is 1.41. The van der Waals surface area contributed by atoms with E-state index in [1.165, 1.54) is 16.7 Å². The van der Waals surface area contributed by atoms with E-state index in [2.05, 4.69) is 5.32 Å². The molecule has 0 radical (unpaired) electrons. The highest BCUT2D eigenvalue weighted by molar-refractivity contribution is 8.00. The van der Waals surface area contributed by atoms with Gasteiger partial charge in [0.2, 0.25) is 17.7 Å². The van der Waals surface area contributed by atoms with Crippen molar-refractivity contribution in [2.75, 3.05) is 10.2 Å². The van der Waals surface area contributed by atoms with Crippen LogP contribution >= 0.6 is 23.1 Å². The number of thiazole rings is 1. The van der Waals surface area contributed by atoms with Crippen molar-refractivity contribution in [3.05, 3.63) is 110 Å². The molecule has 3 amide bonds. The number of hydrogen-bond donors (Lipinski definition) is 1. The first-order valence-corrected chi connectivity index (χ1v) is 14.6. The molecule has 2 aliphatic rings. The lowest BCUT2D eigenvalue weighted by molar-refractivity contribution is -0.137. The lowest BCUT2D eigenvalue weighted by Crippen LogP contribution is -2.33. The van der Waals surface area contributed by atoms with Crippen LogP contribution in [0.3, 0.4) is 0 Å². The number of alkyl halides is 3. The van der Waals surface area contributed by atoms with Gasteiger partial charge in [-0.25, -0.2) is 4.90 Å². The van der Waals surface area contributed by atoms with E-state index in [4.69, 9.17) is 0 Å². The fourth-order valence-electron chi connectivity index (χ4n) is 5.40. The molecule has 0 aliphatic carbocycles. The molecule has 214 valence electrons. The van der Waals surface area contributed by atoms with Gasteiger partial charge in [0.15, 0.2) is 0 Å². The molecule has 3 unspecified atom stereocenters. The number of rotatable bonds is 5. The number of hydrogen-bond acceptors (Lipinski definition) is 6. The fourth-order valence-corrected chi connectivity index (χ4v) is 8.17. The Morgan fingerprint density at radius 3 is 2.26 bits per heavy atom. The summed E-state index contributed by atoms with van der Waals surface area (Å²) < 4.78 is 43.0. The summed E-state index contributed by atoms with van der Waals surface area (Å²) in [6.07, 6.45) is -4.79. The third-order valence-corrected chi connectivity index (χ3v) is 9.90. The van der Waals surface area contributed by atoms with Crippen molar-refractivity contribution in [1.29, 1.82) is 0 Å². The molecule has 3 heterocycles. The van der Waals surface area contributed by atoms with E-state index in [0.29, 0.717) is 26.1 Å². The maximum Gasteiger partial charge on any atom is 0.418 e. The van der Waals surface area contributed by atoms with Crippen molar-refractivity contribution < 1.29 is 27.6 Å². The summed E-state index contributed by atoms with van der Waals surface area (Å²) in [6, 6.07) is 20.4. The molecule has 6 rings (SSSR count). The minimum absolute atomic E-state index is 0.340. The first-order valence-electron chi connectivity index (χ1n) is 12.9. The van der Waals surface area contributed by atoms with Gasteiger partial charge >= 0.3 is 11.0 Å². The molecule has 3 aromatic carbocycles. The standard InChI is InChI=1S/C30H22F3N3O4S2/c1-16-11-13-18(14-12-16)34-21(37)15-35-28-25(42-29(35)40)22(17-7-3-2-4-8-17)23-24(41-28)27(39)36(26(23)38)20-10-6-5-9-19(20)30(31,32)33/h2-14,22-24H,15H2,1H3,(H,34,37). The fraction of sp³-hybridized carbons (Fsp3) is 0.200. The highest BCUT2D eigenvalue weighted by Gasteiger charge is 2.57. The Morgan fingerprint density at radius 2 is 1.57 bits per heavy atom. The second-order valence-electron chi connectivity index (χ2n) is 10.0. The highest BCUT2D eigenvalue weighted by Crippen LogP contribution is 2.54. The van der Waals surface area contributed by atoms with Crippen LogP contribution < -0.4 is 15.1 Å². The molecule has 1 saturated heterocycles. The smallest absolute Gasteiger partial charge is 0.325 e. The number of thioether (sulfide) groups is 1. The number of carbonyl (C=O) groups excluding carboxylic acids is 3. The zero-order valence-corrected chi connectivity index (χ0v) is 23.6. The zero-order valence-electron chi connectivity index (χ0n) is 21.9. The maximum absolute atomic E-state index is 13.9. The minimum Gasteiger partial charge on any atom is -0.325 e. The number of fused-ring (bicyclic) bond motifs is 2. The van der Waals surface area contributed by atoms with E-state index in [0.717, 1.165) is 40.8 Å². The van der Waals surface area contributed by atoms with Crippen molar-refractivity contribution in [2.45, 2.75) is 35.8 Å². The second kappa shape index (κ2) is 10.6. The van der Waals surface area contributed by atoms with Crippen molar-refractivity contribution >= 4 is 52.2 Å². The molecule has 3 atom stereocenters. The second-order valence-corrected chi connectivity index (χ2v) is 12.1. The number of anilines is 2. The normalized spacial score (nSPS) is 19.9. The van der Waals surface area contributed by atoms with E-state index in [9.17, 15) is 32.3 Å². The maximum atomic E-state index is 13.9. The Labute approximate surface area is 246 Å². The van der Waals surface area contributed by atoms with Crippen molar-refractivity contribution in [3.63, 3.8) is 0 Å². The number of amides is 3. The Bertz CT molecular complexity index is 1770. The molecule has 7 nitrogen and oxygen atoms in total. The molecule has 1 fully saturated rings. The number of halogens is 3. The van der Waals surface area contributed by atoms with Crippen LogP contribution in [-0.2, 0) is 27.1 Å². The SMILES string of the molecule is Cc1ccc(NC(=O)Cn2c3c(sc2=O)C(c2ccccc2)C2C(=O)N(c4ccccc4C(F)(F)F)C(=O)C2S3)cc1. The molecule has 2 aliphatic heterocycles. The molecule has 4 aromatic rings. The van der Waals surface area contributed by atoms with Gasteiger partial charge in [-0.1, -0.05) is 83.3 Å². The zero-order chi connectivity index (χ0) is 29.8. The van der Waals surface area contributed by atoms with Crippen LogP contribution in [-0.4, -0.2) is 27.5 Å². The number of carbonyl (C=O) groups is 3. The van der Waals surface area contributed by atoms with E-state index in [1.807, 2.05) is 19.1 Å². The van der Waals surface area contributed by atoms with Gasteiger partial charge in [-0.2, -0.15) is 13.2 Å². The lowest BCUT2D eigenvalue weighted by Gasteiger charge is -2.30. The summed E-state index contributed by atoms with van der Waals surface area (Å²) >= 11 is 1.82. The predicted octanol–water partition coefficient (Wildman–Crippen LogP) is 5.67. The van der Waals surface area contributed by atoms with Crippen LogP contribution in [0.4, 0.5) is 24.5 Å². The molecule has 0 bridgehead atoms. The third kappa shape index (κ3) is 4.84. The molecular formula is C30H22F3N3O4S2. The molecule has 12 heteroatoms. The Kier molecular flexibility index (Phi) is 7.06. The summed E-state index contributed by atoms with van der Waals surface area (Å²) in [7, 11) is 0. The van der Waals surface area contributed by atoms with Crippen molar-refractivity contribution in [2.24, 2.45) is 5.92 Å². The average molecular weight is 610 g/mol. The predicted molar refractivity (Wildman–Crippen MR) is 154 cm³/mol. The van der Waals surface area contributed by atoms with Crippen LogP contribution in [0.1, 0.15) is 27.5 Å². The number of nitrogens with zero attached hydrogens (tertiary/aromatic N) is 2. The van der Waals surface area contributed by atoms with Gasteiger partial charge in [0.1, 0.15) is 11.8 Å². The number of nitrogens with one attached hydrogen (secondary N) is 1. The summed E-state index contributed by atoms with van der Waals surface area (Å²) in [6.45, 7) is 1.57. The number of para-hydroxylation sites is 1. The van der Waals surface area contributed by atoms with Crippen molar-refractivity contribution in [1.82, 2.24) is 4.57 Å².